The predicted molar refractivity (Wildman–Crippen MR) is 80.6 cm³/mol. The first-order chi connectivity index (χ1) is 8.08. The van der Waals surface area contributed by atoms with Crippen LogP contribution in [0.15, 0.2) is 0 Å². The molecule has 0 fully saturated rings. The second-order valence-corrected chi connectivity index (χ2v) is 6.28. The number of thiocarbonyl (C=S) groups is 1. The van der Waals surface area contributed by atoms with Crippen molar-refractivity contribution < 1.29 is 4.79 Å². The molecule has 0 heterocycles. The van der Waals surface area contributed by atoms with E-state index in [4.69, 9.17) is 18.0 Å². The van der Waals surface area contributed by atoms with E-state index >= 15 is 0 Å². The van der Waals surface area contributed by atoms with Crippen LogP contribution in [0.4, 0.5) is 0 Å². The van der Waals surface area contributed by atoms with E-state index in [9.17, 15) is 4.79 Å². The largest absolute Gasteiger partial charge is 0.393 e. The van der Waals surface area contributed by atoms with Gasteiger partial charge in [-0.25, -0.2) is 0 Å². The summed E-state index contributed by atoms with van der Waals surface area (Å²) < 4.78 is 0. The third kappa shape index (κ3) is 6.31. The zero-order chi connectivity index (χ0) is 14.5. The third-order valence-corrected chi connectivity index (χ3v) is 3.23. The van der Waals surface area contributed by atoms with Crippen molar-refractivity contribution in [3.8, 4) is 0 Å². The molecule has 1 amide bonds. The standard InChI is InChI=1S/C13H27N3OS/c1-7-16(8-9(2)11(14)18)10(3)12(17)15-13(4,5)6/h9-10H,7-8H2,1-6H3,(H2,14,18)(H,15,17). The van der Waals surface area contributed by atoms with Crippen molar-refractivity contribution in [2.75, 3.05) is 13.1 Å². The van der Waals surface area contributed by atoms with E-state index in [0.717, 1.165) is 6.54 Å². The SMILES string of the molecule is CCN(CC(C)C(N)=S)C(C)C(=O)NC(C)(C)C. The molecule has 106 valence electrons. The molecule has 4 nitrogen and oxygen atoms in total. The Morgan fingerprint density at radius 1 is 1.39 bits per heavy atom. The molecule has 0 radical (unpaired) electrons. The Hall–Kier alpha value is -0.680. The fourth-order valence-electron chi connectivity index (χ4n) is 1.64. The summed E-state index contributed by atoms with van der Waals surface area (Å²) in [5.74, 6) is 0.157. The zero-order valence-corrected chi connectivity index (χ0v) is 13.2. The molecular formula is C13H27N3OS. The van der Waals surface area contributed by atoms with Gasteiger partial charge in [0.1, 0.15) is 0 Å². The highest BCUT2D eigenvalue weighted by Crippen LogP contribution is 2.07. The topological polar surface area (TPSA) is 58.4 Å². The molecule has 2 atom stereocenters. The first-order valence-electron chi connectivity index (χ1n) is 6.43. The van der Waals surface area contributed by atoms with Gasteiger partial charge in [-0.2, -0.15) is 0 Å². The second-order valence-electron chi connectivity index (χ2n) is 5.81. The first-order valence-corrected chi connectivity index (χ1v) is 6.84. The Kier molecular flexibility index (Phi) is 6.78. The molecule has 0 aliphatic rings. The second kappa shape index (κ2) is 7.04. The quantitative estimate of drug-likeness (QED) is 0.721. The lowest BCUT2D eigenvalue weighted by Gasteiger charge is -2.31. The van der Waals surface area contributed by atoms with Crippen LogP contribution in [0.5, 0.6) is 0 Å². The molecule has 0 aromatic carbocycles. The van der Waals surface area contributed by atoms with Crippen molar-refractivity contribution in [3.63, 3.8) is 0 Å². The van der Waals surface area contributed by atoms with E-state index in [1.165, 1.54) is 0 Å². The molecule has 0 aromatic heterocycles. The number of carbonyl (C=O) groups is 1. The van der Waals surface area contributed by atoms with Gasteiger partial charge in [0, 0.05) is 18.0 Å². The van der Waals surface area contributed by atoms with Crippen molar-refractivity contribution in [3.05, 3.63) is 0 Å². The summed E-state index contributed by atoms with van der Waals surface area (Å²) in [6.07, 6.45) is 0. The number of rotatable bonds is 6. The first kappa shape index (κ1) is 17.3. The van der Waals surface area contributed by atoms with E-state index < -0.39 is 0 Å². The lowest BCUT2D eigenvalue weighted by Crippen LogP contribution is -2.52. The maximum atomic E-state index is 12.1. The van der Waals surface area contributed by atoms with Gasteiger partial charge in [-0.3, -0.25) is 9.69 Å². The third-order valence-electron chi connectivity index (χ3n) is 2.83. The van der Waals surface area contributed by atoms with Crippen molar-refractivity contribution in [1.82, 2.24) is 10.2 Å². The van der Waals surface area contributed by atoms with Crippen LogP contribution in [0, 0.1) is 5.92 Å². The van der Waals surface area contributed by atoms with Crippen LogP contribution < -0.4 is 11.1 Å². The van der Waals surface area contributed by atoms with Crippen molar-refractivity contribution in [2.24, 2.45) is 11.7 Å². The van der Waals surface area contributed by atoms with Gasteiger partial charge < -0.3 is 11.1 Å². The molecule has 0 rings (SSSR count). The maximum absolute atomic E-state index is 12.1. The normalized spacial score (nSPS) is 15.3. The fraction of sp³-hybridized carbons (Fsp3) is 0.846. The summed E-state index contributed by atoms with van der Waals surface area (Å²) in [6, 6.07) is -0.175. The lowest BCUT2D eigenvalue weighted by molar-refractivity contribution is -0.127. The van der Waals surface area contributed by atoms with Crippen molar-refractivity contribution in [2.45, 2.75) is 53.1 Å². The highest BCUT2D eigenvalue weighted by molar-refractivity contribution is 7.80. The summed E-state index contributed by atoms with van der Waals surface area (Å²) in [7, 11) is 0. The van der Waals surface area contributed by atoms with Crippen LogP contribution in [0.25, 0.3) is 0 Å². The van der Waals surface area contributed by atoms with E-state index in [1.807, 2.05) is 41.5 Å². The molecule has 0 saturated heterocycles. The minimum atomic E-state index is -0.209. The van der Waals surface area contributed by atoms with Gasteiger partial charge in [-0.15, -0.1) is 0 Å². The molecule has 0 aliphatic heterocycles. The van der Waals surface area contributed by atoms with Gasteiger partial charge in [0.15, 0.2) is 0 Å². The number of amides is 1. The van der Waals surface area contributed by atoms with Crippen LogP contribution in [0.2, 0.25) is 0 Å². The molecule has 0 bridgehead atoms. The Morgan fingerprint density at radius 3 is 2.22 bits per heavy atom. The van der Waals surface area contributed by atoms with Crippen LogP contribution in [0.1, 0.15) is 41.5 Å². The van der Waals surface area contributed by atoms with Gasteiger partial charge in [0.05, 0.1) is 11.0 Å². The van der Waals surface area contributed by atoms with E-state index in [2.05, 4.69) is 10.2 Å². The molecule has 0 spiro atoms. The number of hydrogen-bond acceptors (Lipinski definition) is 3. The van der Waals surface area contributed by atoms with Crippen LogP contribution >= 0.6 is 12.2 Å². The summed E-state index contributed by atoms with van der Waals surface area (Å²) >= 11 is 4.97. The average Bonchev–Trinajstić information content (AvgIpc) is 2.21. The number of nitrogens with two attached hydrogens (primary N) is 1. The summed E-state index contributed by atoms with van der Waals surface area (Å²) in [4.78, 5) is 14.7. The fourth-order valence-corrected chi connectivity index (χ4v) is 1.72. The van der Waals surface area contributed by atoms with Gasteiger partial charge in [-0.05, 0) is 34.2 Å². The van der Waals surface area contributed by atoms with Crippen LogP contribution in [-0.2, 0) is 4.79 Å². The maximum Gasteiger partial charge on any atom is 0.237 e. The minimum Gasteiger partial charge on any atom is -0.393 e. The Labute approximate surface area is 116 Å². The smallest absolute Gasteiger partial charge is 0.237 e. The number of carbonyl (C=O) groups excluding carboxylic acids is 1. The summed E-state index contributed by atoms with van der Waals surface area (Å²) in [5.41, 5.74) is 5.41. The number of nitrogens with zero attached hydrogens (tertiary/aromatic N) is 1. The minimum absolute atomic E-state index is 0.0412. The number of likely N-dealkylation sites (N-methyl/N-ethyl adjacent to an activating group) is 1. The molecule has 18 heavy (non-hydrogen) atoms. The molecule has 5 heteroatoms. The summed E-state index contributed by atoms with van der Waals surface area (Å²) in [5, 5.41) is 2.99. The average molecular weight is 273 g/mol. The van der Waals surface area contributed by atoms with Crippen LogP contribution in [-0.4, -0.2) is 40.5 Å². The predicted octanol–water partition coefficient (Wildman–Crippen LogP) is 1.53. The molecule has 0 aliphatic carbocycles. The molecule has 2 unspecified atom stereocenters. The van der Waals surface area contributed by atoms with Gasteiger partial charge in [0.2, 0.25) is 5.91 Å². The van der Waals surface area contributed by atoms with E-state index in [1.54, 1.807) is 0 Å². The van der Waals surface area contributed by atoms with Gasteiger partial charge >= 0.3 is 0 Å². The Bertz CT molecular complexity index is 299. The van der Waals surface area contributed by atoms with Crippen LogP contribution in [0.3, 0.4) is 0 Å². The number of nitrogens with one attached hydrogen (secondary N) is 1. The van der Waals surface area contributed by atoms with Crippen molar-refractivity contribution >= 4 is 23.1 Å². The van der Waals surface area contributed by atoms with Crippen molar-refractivity contribution in [1.29, 1.82) is 0 Å². The molecular weight excluding hydrogens is 246 g/mol. The van der Waals surface area contributed by atoms with E-state index in [0.29, 0.717) is 11.5 Å². The Morgan fingerprint density at radius 2 is 1.89 bits per heavy atom. The lowest BCUT2D eigenvalue weighted by atomic mass is 10.1. The monoisotopic (exact) mass is 273 g/mol. The highest BCUT2D eigenvalue weighted by atomic mass is 32.1. The van der Waals surface area contributed by atoms with Gasteiger partial charge in [-0.1, -0.05) is 26.1 Å². The molecule has 3 N–H and O–H groups in total. The molecule has 0 aromatic rings. The van der Waals surface area contributed by atoms with E-state index in [-0.39, 0.29) is 23.4 Å². The summed E-state index contributed by atoms with van der Waals surface area (Å²) in [6.45, 7) is 13.4. The number of hydrogen-bond donors (Lipinski definition) is 2. The van der Waals surface area contributed by atoms with Gasteiger partial charge in [0.25, 0.3) is 0 Å². The highest BCUT2D eigenvalue weighted by Gasteiger charge is 2.25. The Balaban J connectivity index is 4.56. The molecule has 0 saturated carbocycles. The zero-order valence-electron chi connectivity index (χ0n) is 12.4.